The van der Waals surface area contributed by atoms with Crippen LogP contribution in [0.5, 0.6) is 5.75 Å². The minimum Gasteiger partial charge on any atom is -0.438 e. The molecule has 4 N–H and O–H groups in total. The van der Waals surface area contributed by atoms with Crippen molar-refractivity contribution in [3.63, 3.8) is 0 Å². The number of benzene rings is 2. The van der Waals surface area contributed by atoms with E-state index in [-0.39, 0.29) is 17.0 Å². The van der Waals surface area contributed by atoms with Gasteiger partial charge in [-0.05, 0) is 16.7 Å². The molecular formula is C23H17N5O2S. The molecule has 1 unspecified atom stereocenters. The molecule has 0 amide bonds. The number of fused-ring (bicyclic) bond motifs is 3. The van der Waals surface area contributed by atoms with Gasteiger partial charge in [-0.25, -0.2) is 4.98 Å². The monoisotopic (exact) mass is 427 g/mol. The number of rotatable bonds is 3. The molecule has 8 heteroatoms. The highest BCUT2D eigenvalue weighted by atomic mass is 32.1. The molecule has 7 nitrogen and oxygen atoms in total. The van der Waals surface area contributed by atoms with Gasteiger partial charge in [-0.15, -0.1) is 0 Å². The van der Waals surface area contributed by atoms with Crippen LogP contribution in [-0.2, 0) is 0 Å². The summed E-state index contributed by atoms with van der Waals surface area (Å²) in [5.74, 6) is -0.281. The maximum Gasteiger partial charge on any atom is 0.257 e. The number of anilines is 1. The molecule has 152 valence electrons. The lowest BCUT2D eigenvalue weighted by molar-refractivity contribution is 0.397. The van der Waals surface area contributed by atoms with Crippen LogP contribution in [0.4, 0.5) is 5.13 Å². The lowest BCUT2D eigenvalue weighted by atomic mass is 9.83. The number of aromatic nitrogens is 2. The number of hydrogen-bond donors (Lipinski definition) is 3. The highest BCUT2D eigenvalue weighted by Gasteiger charge is 2.35. The van der Waals surface area contributed by atoms with Crippen LogP contribution < -0.4 is 21.3 Å². The first-order valence-electron chi connectivity index (χ1n) is 9.58. The van der Waals surface area contributed by atoms with Crippen molar-refractivity contribution in [2.75, 3.05) is 12.4 Å². The number of nitrogens with zero attached hydrogens (tertiary/aromatic N) is 2. The van der Waals surface area contributed by atoms with E-state index in [1.165, 1.54) is 11.3 Å². The Morgan fingerprint density at radius 3 is 2.55 bits per heavy atom. The molecule has 0 saturated carbocycles. The number of allylic oxidation sites excluding steroid dienone is 1. The Balaban J connectivity index is 1.70. The molecule has 1 atom stereocenters. The molecule has 0 bridgehead atoms. The predicted molar refractivity (Wildman–Crippen MR) is 121 cm³/mol. The molecule has 2 aromatic carbocycles. The van der Waals surface area contributed by atoms with Crippen molar-refractivity contribution in [2.45, 2.75) is 5.92 Å². The Bertz CT molecular complexity index is 1430. The number of pyridine rings is 1. The van der Waals surface area contributed by atoms with Crippen LogP contribution in [0.15, 0.2) is 70.8 Å². The topological polar surface area (TPSA) is 117 Å². The molecule has 2 aromatic heterocycles. The summed E-state index contributed by atoms with van der Waals surface area (Å²) in [7, 11) is 1.75. The van der Waals surface area contributed by atoms with Crippen molar-refractivity contribution in [1.29, 1.82) is 5.26 Å². The summed E-state index contributed by atoms with van der Waals surface area (Å²) in [5, 5.41) is 13.4. The van der Waals surface area contributed by atoms with E-state index >= 15 is 0 Å². The van der Waals surface area contributed by atoms with E-state index in [0.717, 1.165) is 16.7 Å². The molecule has 4 aromatic rings. The Morgan fingerprint density at radius 2 is 1.87 bits per heavy atom. The molecule has 31 heavy (non-hydrogen) atoms. The largest absolute Gasteiger partial charge is 0.438 e. The van der Waals surface area contributed by atoms with E-state index < -0.39 is 5.92 Å². The van der Waals surface area contributed by atoms with Crippen LogP contribution in [-0.4, -0.2) is 17.0 Å². The smallest absolute Gasteiger partial charge is 0.257 e. The van der Waals surface area contributed by atoms with E-state index in [0.29, 0.717) is 26.8 Å². The van der Waals surface area contributed by atoms with Gasteiger partial charge in [0.1, 0.15) is 16.3 Å². The van der Waals surface area contributed by atoms with Crippen LogP contribution in [0.25, 0.3) is 21.5 Å². The molecule has 0 saturated heterocycles. The minimum absolute atomic E-state index is 0.00144. The molecule has 0 spiro atoms. The van der Waals surface area contributed by atoms with Gasteiger partial charge >= 0.3 is 0 Å². The van der Waals surface area contributed by atoms with Gasteiger partial charge < -0.3 is 20.8 Å². The molecule has 0 aliphatic carbocycles. The van der Waals surface area contributed by atoms with Gasteiger partial charge in [0.2, 0.25) is 5.88 Å². The van der Waals surface area contributed by atoms with E-state index in [4.69, 9.17) is 10.5 Å². The zero-order valence-electron chi connectivity index (χ0n) is 16.5. The second kappa shape index (κ2) is 7.31. The number of H-pyrrole nitrogens is 1. The van der Waals surface area contributed by atoms with E-state index in [1.807, 2.05) is 54.6 Å². The fraction of sp³-hybridized carbons (Fsp3) is 0.0870. The molecule has 1 aliphatic rings. The third-order valence-corrected chi connectivity index (χ3v) is 6.37. The molecular weight excluding hydrogens is 410 g/mol. The number of ether oxygens (including phenoxy) is 1. The molecule has 0 radical (unpaired) electrons. The summed E-state index contributed by atoms with van der Waals surface area (Å²) in [5.41, 5.74) is 9.67. The third kappa shape index (κ3) is 3.03. The summed E-state index contributed by atoms with van der Waals surface area (Å²) in [6.45, 7) is 0. The van der Waals surface area contributed by atoms with Crippen molar-refractivity contribution in [1.82, 2.24) is 9.97 Å². The van der Waals surface area contributed by atoms with Crippen molar-refractivity contribution < 1.29 is 4.74 Å². The quantitative estimate of drug-likeness (QED) is 0.456. The van der Waals surface area contributed by atoms with Crippen LogP contribution in [0.3, 0.4) is 0 Å². The first-order valence-corrected chi connectivity index (χ1v) is 10.4. The van der Waals surface area contributed by atoms with Gasteiger partial charge in [-0.3, -0.25) is 4.79 Å². The van der Waals surface area contributed by atoms with Crippen LogP contribution in [0.2, 0.25) is 0 Å². The molecule has 5 rings (SSSR count). The number of hydrogen-bond acceptors (Lipinski definition) is 7. The van der Waals surface area contributed by atoms with Gasteiger partial charge in [-0.1, -0.05) is 65.9 Å². The van der Waals surface area contributed by atoms with Crippen molar-refractivity contribution in [2.24, 2.45) is 5.73 Å². The first kappa shape index (κ1) is 18.9. The molecule has 0 fully saturated rings. The summed E-state index contributed by atoms with van der Waals surface area (Å²) in [4.78, 5) is 20.2. The lowest BCUT2D eigenvalue weighted by Crippen LogP contribution is -2.27. The van der Waals surface area contributed by atoms with Crippen LogP contribution in [0.1, 0.15) is 17.0 Å². The second-order valence-electron chi connectivity index (χ2n) is 7.06. The fourth-order valence-corrected chi connectivity index (χ4v) is 4.70. The highest BCUT2D eigenvalue weighted by Crippen LogP contribution is 2.45. The van der Waals surface area contributed by atoms with E-state index in [9.17, 15) is 10.1 Å². The maximum atomic E-state index is 13.1. The van der Waals surface area contributed by atoms with Gasteiger partial charge in [-0.2, -0.15) is 5.26 Å². The van der Waals surface area contributed by atoms with Gasteiger partial charge in [0.25, 0.3) is 5.56 Å². The number of nitrogens with two attached hydrogens (primary N) is 1. The summed E-state index contributed by atoms with van der Waals surface area (Å²) in [6.07, 6.45) is 0. The number of nitriles is 1. The Morgan fingerprint density at radius 1 is 1.16 bits per heavy atom. The molecule has 3 heterocycles. The summed E-state index contributed by atoms with van der Waals surface area (Å²) < 4.78 is 6.46. The van der Waals surface area contributed by atoms with Gasteiger partial charge in [0, 0.05) is 7.05 Å². The summed E-state index contributed by atoms with van der Waals surface area (Å²) >= 11 is 1.35. The average Bonchev–Trinajstić information content (AvgIpc) is 3.22. The van der Waals surface area contributed by atoms with Crippen LogP contribution >= 0.6 is 11.3 Å². The summed E-state index contributed by atoms with van der Waals surface area (Å²) in [6, 6.07) is 19.9. The van der Waals surface area contributed by atoms with Crippen LogP contribution in [0, 0.1) is 11.3 Å². The van der Waals surface area contributed by atoms with Crippen molar-refractivity contribution in [3.8, 4) is 22.9 Å². The Labute approximate surface area is 181 Å². The predicted octanol–water partition coefficient (Wildman–Crippen LogP) is 3.91. The fourth-order valence-electron chi connectivity index (χ4n) is 3.83. The number of aromatic amines is 1. The van der Waals surface area contributed by atoms with Crippen molar-refractivity contribution in [3.05, 3.63) is 87.5 Å². The Hall–Kier alpha value is -4.09. The SMILES string of the molecule is CNc1nc2[nH]c(=O)c3c(c2s1)OC(N)=C(C#N)C3c1ccc(-c2ccccc2)cc1. The van der Waals surface area contributed by atoms with Gasteiger partial charge in [0.05, 0.1) is 11.5 Å². The normalized spacial score (nSPS) is 15.3. The van der Waals surface area contributed by atoms with E-state index in [2.05, 4.69) is 21.4 Å². The minimum atomic E-state index is -0.633. The van der Waals surface area contributed by atoms with E-state index in [1.54, 1.807) is 7.05 Å². The highest BCUT2D eigenvalue weighted by molar-refractivity contribution is 7.22. The lowest BCUT2D eigenvalue weighted by Gasteiger charge is -2.25. The standard InChI is InChI=1S/C23H17N5O2S/c1-26-23-28-21-19(31-23)18-17(22(29)27-21)16(15(11-24)20(25)30-18)14-9-7-13(8-10-14)12-5-3-2-4-6-12/h2-10,16H,25H2,1H3,(H2,26,27,28,29). The first-order chi connectivity index (χ1) is 15.1. The number of thiazole rings is 1. The average molecular weight is 427 g/mol. The second-order valence-corrected chi connectivity index (χ2v) is 8.06. The van der Waals surface area contributed by atoms with Gasteiger partial charge in [0.15, 0.2) is 16.5 Å². The van der Waals surface area contributed by atoms with Crippen molar-refractivity contribution >= 4 is 26.8 Å². The molecule has 1 aliphatic heterocycles. The zero-order chi connectivity index (χ0) is 21.5. The zero-order valence-corrected chi connectivity index (χ0v) is 17.3. The third-order valence-electron chi connectivity index (χ3n) is 5.29. The maximum absolute atomic E-state index is 13.1. The Kier molecular flexibility index (Phi) is 4.46. The number of nitrogens with one attached hydrogen (secondary N) is 2.